The third-order valence-electron chi connectivity index (χ3n) is 2.63. The summed E-state index contributed by atoms with van der Waals surface area (Å²) in [4.78, 5) is 23.2. The van der Waals surface area contributed by atoms with Crippen LogP contribution in [-0.2, 0) is 24.4 Å². The van der Waals surface area contributed by atoms with Gasteiger partial charge in [0.2, 0.25) is 0 Å². The quantitative estimate of drug-likeness (QED) is 0.158. The van der Waals surface area contributed by atoms with Gasteiger partial charge in [0, 0.05) is 15.7 Å². The third kappa shape index (κ3) is 6.48. The minimum Gasteiger partial charge on any atom is -0.452 e. The van der Waals surface area contributed by atoms with Gasteiger partial charge in [-0.1, -0.05) is 0 Å². The zero-order chi connectivity index (χ0) is 20.3. The first-order valence-electron chi connectivity index (χ1n) is 6.35. The van der Waals surface area contributed by atoms with Crippen LogP contribution in [0.25, 0.3) is 0 Å². The number of hydrogen-bond acceptors (Lipinski definition) is 6. The molecule has 0 aliphatic carbocycles. The summed E-state index contributed by atoms with van der Waals surface area (Å²) in [5.41, 5.74) is 0. The van der Waals surface area contributed by atoms with Gasteiger partial charge in [-0.3, -0.25) is 4.55 Å². The predicted octanol–water partition coefficient (Wildman–Crippen LogP) is 3.37. The van der Waals surface area contributed by atoms with Crippen molar-refractivity contribution in [2.75, 3.05) is 0 Å². The first-order chi connectivity index (χ1) is 11.8. The van der Waals surface area contributed by atoms with E-state index in [1.165, 1.54) is 0 Å². The lowest BCUT2D eigenvalue weighted by molar-refractivity contribution is -0.153. The standard InChI is InChI=1S/C13H9F2I3O7S/c1-6(13(14,15)26(21,22)23)24-10(19)2-3-11(20)25-12-8(17)4-7(16)5-9(12)18/h2-6H,1H3,(H,21,22,23)/b3-2+. The van der Waals surface area contributed by atoms with E-state index in [1.807, 2.05) is 45.2 Å². The molecule has 1 aromatic rings. The van der Waals surface area contributed by atoms with Gasteiger partial charge in [0.05, 0.1) is 7.14 Å². The molecule has 0 heterocycles. The highest BCUT2D eigenvalue weighted by atomic mass is 127. The predicted molar refractivity (Wildman–Crippen MR) is 111 cm³/mol. The Morgan fingerprint density at radius 3 is 2.08 bits per heavy atom. The Labute approximate surface area is 188 Å². The molecule has 0 aliphatic rings. The minimum absolute atomic E-state index is 0.265. The summed E-state index contributed by atoms with van der Waals surface area (Å²) in [7, 11) is -5.76. The van der Waals surface area contributed by atoms with Gasteiger partial charge < -0.3 is 9.47 Å². The van der Waals surface area contributed by atoms with Gasteiger partial charge in [-0.15, -0.1) is 0 Å². The van der Waals surface area contributed by atoms with Crippen LogP contribution in [0.1, 0.15) is 6.92 Å². The molecule has 1 aromatic carbocycles. The number of carbonyl (C=O) groups excluding carboxylic acids is 2. The maximum atomic E-state index is 13.3. The van der Waals surface area contributed by atoms with Crippen molar-refractivity contribution in [1.82, 2.24) is 0 Å². The van der Waals surface area contributed by atoms with Crippen LogP contribution in [0.4, 0.5) is 8.78 Å². The van der Waals surface area contributed by atoms with Gasteiger partial charge in [0.15, 0.2) is 11.9 Å². The number of carbonyl (C=O) groups is 2. The van der Waals surface area contributed by atoms with Crippen molar-refractivity contribution in [2.45, 2.75) is 18.3 Å². The molecular weight excluding hydrogens is 719 g/mol. The second kappa shape index (κ2) is 9.37. The normalized spacial score (nSPS) is 13.5. The Balaban J connectivity index is 2.76. The van der Waals surface area contributed by atoms with Crippen LogP contribution < -0.4 is 4.74 Å². The van der Waals surface area contributed by atoms with Gasteiger partial charge in [0.25, 0.3) is 0 Å². The fourth-order valence-electron chi connectivity index (χ4n) is 1.39. The molecule has 0 bridgehead atoms. The zero-order valence-electron chi connectivity index (χ0n) is 12.6. The average Bonchev–Trinajstić information content (AvgIpc) is 2.47. The van der Waals surface area contributed by atoms with Gasteiger partial charge in [-0.05, 0) is 86.8 Å². The van der Waals surface area contributed by atoms with Crippen molar-refractivity contribution in [2.24, 2.45) is 0 Å². The molecule has 0 saturated heterocycles. The Morgan fingerprint density at radius 1 is 1.15 bits per heavy atom. The van der Waals surface area contributed by atoms with Crippen molar-refractivity contribution >= 4 is 89.8 Å². The molecule has 0 spiro atoms. The topological polar surface area (TPSA) is 107 Å². The number of alkyl halides is 2. The minimum atomic E-state index is -5.76. The van der Waals surface area contributed by atoms with E-state index in [1.54, 1.807) is 12.1 Å². The van der Waals surface area contributed by atoms with Crippen LogP contribution in [-0.4, -0.2) is 36.3 Å². The van der Waals surface area contributed by atoms with Crippen molar-refractivity contribution in [3.8, 4) is 5.75 Å². The van der Waals surface area contributed by atoms with E-state index in [9.17, 15) is 26.8 Å². The van der Waals surface area contributed by atoms with E-state index in [0.717, 1.165) is 3.57 Å². The summed E-state index contributed by atoms with van der Waals surface area (Å²) >= 11 is 5.99. The van der Waals surface area contributed by atoms with Crippen molar-refractivity contribution in [3.63, 3.8) is 0 Å². The molecule has 0 saturated carbocycles. The number of ether oxygens (including phenoxy) is 2. The number of benzene rings is 1. The molecule has 1 unspecified atom stereocenters. The Morgan fingerprint density at radius 2 is 1.62 bits per heavy atom. The van der Waals surface area contributed by atoms with E-state index >= 15 is 0 Å². The van der Waals surface area contributed by atoms with Crippen molar-refractivity contribution < 1.29 is 40.8 Å². The molecular formula is C13H9F2I3O7S. The SMILES string of the molecule is CC(OC(=O)/C=C/C(=O)Oc1c(I)cc(I)cc1I)C(F)(F)S(=O)(=O)O. The second-order valence-corrected chi connectivity index (χ2v) is 9.63. The highest BCUT2D eigenvalue weighted by Crippen LogP contribution is 2.30. The lowest BCUT2D eigenvalue weighted by Crippen LogP contribution is -2.41. The molecule has 7 nitrogen and oxygen atoms in total. The van der Waals surface area contributed by atoms with Gasteiger partial charge in [0.1, 0.15) is 0 Å². The summed E-state index contributed by atoms with van der Waals surface area (Å²) in [5.74, 6) is -2.11. The number of esters is 2. The number of rotatable bonds is 6. The Bertz CT molecular complexity index is 832. The summed E-state index contributed by atoms with van der Waals surface area (Å²) < 4.78 is 67.5. The number of halogens is 5. The van der Waals surface area contributed by atoms with E-state index in [4.69, 9.17) is 9.29 Å². The number of hydrogen-bond donors (Lipinski definition) is 1. The fourth-order valence-corrected chi connectivity index (χ4v) is 5.66. The highest BCUT2D eigenvalue weighted by molar-refractivity contribution is 14.1. The van der Waals surface area contributed by atoms with E-state index in [0.29, 0.717) is 26.2 Å². The summed E-state index contributed by atoms with van der Waals surface area (Å²) in [6, 6.07) is 3.51. The average molecular weight is 728 g/mol. The molecule has 26 heavy (non-hydrogen) atoms. The molecule has 144 valence electrons. The van der Waals surface area contributed by atoms with Crippen molar-refractivity contribution in [3.05, 3.63) is 35.0 Å². The molecule has 1 atom stereocenters. The molecule has 0 fully saturated rings. The fraction of sp³-hybridized carbons (Fsp3) is 0.231. The van der Waals surface area contributed by atoms with E-state index < -0.39 is 33.4 Å². The monoisotopic (exact) mass is 728 g/mol. The van der Waals surface area contributed by atoms with Crippen LogP contribution >= 0.6 is 67.8 Å². The van der Waals surface area contributed by atoms with Gasteiger partial charge in [-0.25, -0.2) is 9.59 Å². The van der Waals surface area contributed by atoms with Crippen LogP contribution in [0.5, 0.6) is 5.75 Å². The van der Waals surface area contributed by atoms with Gasteiger partial charge >= 0.3 is 27.3 Å². The molecule has 1 N–H and O–H groups in total. The Hall–Kier alpha value is -0.140. The molecule has 13 heteroatoms. The summed E-state index contributed by atoms with van der Waals surface area (Å²) in [6.07, 6.45) is -1.32. The molecule has 0 radical (unpaired) electrons. The van der Waals surface area contributed by atoms with Gasteiger partial charge in [-0.2, -0.15) is 17.2 Å². The van der Waals surface area contributed by atoms with Crippen molar-refractivity contribution in [1.29, 1.82) is 0 Å². The second-order valence-electron chi connectivity index (χ2n) is 4.57. The highest BCUT2D eigenvalue weighted by Gasteiger charge is 2.51. The van der Waals surface area contributed by atoms with Crippen LogP contribution in [0.3, 0.4) is 0 Å². The smallest absolute Gasteiger partial charge is 0.405 e. The molecule has 1 rings (SSSR count). The van der Waals surface area contributed by atoms with E-state index in [2.05, 4.69) is 27.3 Å². The van der Waals surface area contributed by atoms with E-state index in [-0.39, 0.29) is 5.75 Å². The first kappa shape index (κ1) is 23.9. The largest absolute Gasteiger partial charge is 0.452 e. The summed E-state index contributed by atoms with van der Waals surface area (Å²) in [5, 5.41) is -4.69. The molecule has 0 aliphatic heterocycles. The lowest BCUT2D eigenvalue weighted by Gasteiger charge is -2.19. The zero-order valence-corrected chi connectivity index (χ0v) is 19.9. The summed E-state index contributed by atoms with van der Waals surface area (Å²) in [6.45, 7) is 0.578. The van der Waals surface area contributed by atoms with Crippen LogP contribution in [0.15, 0.2) is 24.3 Å². The maximum Gasteiger partial charge on any atom is 0.405 e. The van der Waals surface area contributed by atoms with Crippen LogP contribution in [0, 0.1) is 10.7 Å². The molecule has 0 amide bonds. The lowest BCUT2D eigenvalue weighted by atomic mass is 10.3. The van der Waals surface area contributed by atoms with Crippen LogP contribution in [0.2, 0.25) is 0 Å². The first-order valence-corrected chi connectivity index (χ1v) is 11.0. The third-order valence-corrected chi connectivity index (χ3v) is 5.88. The molecule has 0 aromatic heterocycles. The Kier molecular flexibility index (Phi) is 8.61. The maximum absolute atomic E-state index is 13.3.